The van der Waals surface area contributed by atoms with E-state index in [-0.39, 0.29) is 24.8 Å². The van der Waals surface area contributed by atoms with E-state index in [0.717, 1.165) is 25.5 Å². The predicted octanol–water partition coefficient (Wildman–Crippen LogP) is 2.07. The van der Waals surface area contributed by atoms with Gasteiger partial charge in [-0.3, -0.25) is 4.79 Å². The summed E-state index contributed by atoms with van der Waals surface area (Å²) in [4.78, 5) is 11.9. The molecule has 4 nitrogen and oxygen atoms in total. The fraction of sp³-hybridized carbons (Fsp3) is 0.533. The van der Waals surface area contributed by atoms with Crippen LogP contribution in [0, 0.1) is 5.92 Å². The van der Waals surface area contributed by atoms with Gasteiger partial charge in [-0.05, 0) is 43.5 Å². The lowest BCUT2D eigenvalue weighted by Crippen LogP contribution is -2.41. The van der Waals surface area contributed by atoms with Gasteiger partial charge in [0.1, 0.15) is 5.75 Å². The average molecular weight is 316 g/mol. The zero-order chi connectivity index (χ0) is 16.2. The number of hydrogen-bond acceptors (Lipinski definition) is 3. The first-order valence-electron chi connectivity index (χ1n) is 7.25. The first kappa shape index (κ1) is 16.6. The van der Waals surface area contributed by atoms with Gasteiger partial charge in [-0.15, -0.1) is 0 Å². The Balaban J connectivity index is 1.85. The highest BCUT2D eigenvalue weighted by Crippen LogP contribution is 2.32. The average Bonchev–Trinajstić information content (AvgIpc) is 2.48. The lowest BCUT2D eigenvalue weighted by atomic mass is 9.99. The molecular weight excluding hydrogens is 297 g/mol. The molecular formula is C15H19F3N2O2. The Hall–Kier alpha value is -1.76. The zero-order valence-corrected chi connectivity index (χ0v) is 12.0. The summed E-state index contributed by atoms with van der Waals surface area (Å²) in [6.45, 7) is 1.86. The summed E-state index contributed by atoms with van der Waals surface area (Å²) in [6.07, 6.45) is -2.39. The Morgan fingerprint density at radius 3 is 2.77 bits per heavy atom. The van der Waals surface area contributed by atoms with E-state index < -0.39 is 17.5 Å². The Bertz CT molecular complexity index is 526. The maximum atomic E-state index is 12.5. The molecule has 122 valence electrons. The molecule has 7 heteroatoms. The molecule has 0 radical (unpaired) electrons. The van der Waals surface area contributed by atoms with Crippen molar-refractivity contribution >= 4 is 5.91 Å². The summed E-state index contributed by atoms with van der Waals surface area (Å²) in [6, 6.07) is 2.89. The minimum atomic E-state index is -4.47. The van der Waals surface area contributed by atoms with Crippen LogP contribution in [0.2, 0.25) is 0 Å². The summed E-state index contributed by atoms with van der Waals surface area (Å²) >= 11 is 0. The van der Waals surface area contributed by atoms with Crippen molar-refractivity contribution in [3.8, 4) is 5.75 Å². The van der Waals surface area contributed by atoms with Crippen LogP contribution in [0.4, 0.5) is 13.2 Å². The number of piperidine rings is 1. The fourth-order valence-electron chi connectivity index (χ4n) is 2.49. The molecule has 0 spiro atoms. The van der Waals surface area contributed by atoms with Gasteiger partial charge in [-0.1, -0.05) is 6.07 Å². The summed E-state index contributed by atoms with van der Waals surface area (Å²) in [5.41, 5.74) is -0.499. The van der Waals surface area contributed by atoms with Crippen molar-refractivity contribution in [2.45, 2.75) is 25.4 Å². The molecule has 0 unspecified atom stereocenters. The molecule has 1 amide bonds. The first-order valence-corrected chi connectivity index (χ1v) is 7.25. The Morgan fingerprint density at radius 1 is 1.41 bits per heavy atom. The van der Waals surface area contributed by atoms with Gasteiger partial charge >= 0.3 is 6.18 Å². The number of nitrogens with one attached hydrogen (secondary N) is 2. The van der Waals surface area contributed by atoms with Crippen LogP contribution >= 0.6 is 0 Å². The topological polar surface area (TPSA) is 61.4 Å². The minimum absolute atomic E-state index is 0.0569. The smallest absolute Gasteiger partial charge is 0.416 e. The standard InChI is InChI=1S/C15H19F3N2O2/c16-15(17,18)12-4-3-10(13(21)8-12)5-7-20-14(22)11-2-1-6-19-9-11/h3-4,8,11,19,21H,1-2,5-7,9H2,(H,20,22)/t11-/m1/s1. The number of benzene rings is 1. The van der Waals surface area contributed by atoms with Crippen LogP contribution in [0.1, 0.15) is 24.0 Å². The molecule has 1 aliphatic rings. The third-order valence-corrected chi connectivity index (χ3v) is 3.77. The van der Waals surface area contributed by atoms with Gasteiger partial charge in [0.05, 0.1) is 11.5 Å². The number of carbonyl (C=O) groups excluding carboxylic acids is 1. The Morgan fingerprint density at radius 2 is 2.18 bits per heavy atom. The van der Waals surface area contributed by atoms with Crippen molar-refractivity contribution in [2.75, 3.05) is 19.6 Å². The molecule has 1 atom stereocenters. The molecule has 3 N–H and O–H groups in total. The van der Waals surface area contributed by atoms with E-state index in [1.54, 1.807) is 0 Å². The van der Waals surface area contributed by atoms with Gasteiger partial charge in [0, 0.05) is 13.1 Å². The number of amides is 1. The molecule has 0 saturated carbocycles. The summed E-state index contributed by atoms with van der Waals surface area (Å²) in [7, 11) is 0. The van der Waals surface area contributed by atoms with Crippen molar-refractivity contribution in [1.82, 2.24) is 10.6 Å². The molecule has 1 aliphatic heterocycles. The van der Waals surface area contributed by atoms with Crippen molar-refractivity contribution in [1.29, 1.82) is 0 Å². The van der Waals surface area contributed by atoms with Crippen LogP contribution < -0.4 is 10.6 Å². The van der Waals surface area contributed by atoms with Gasteiger partial charge in [0.25, 0.3) is 0 Å². The normalized spacial score (nSPS) is 19.0. The zero-order valence-electron chi connectivity index (χ0n) is 12.0. The van der Waals surface area contributed by atoms with E-state index in [4.69, 9.17) is 0 Å². The SMILES string of the molecule is O=C(NCCc1ccc(C(F)(F)F)cc1O)[C@@H]1CCCNC1. The van der Waals surface area contributed by atoms with Crippen molar-refractivity contribution < 1.29 is 23.1 Å². The number of phenols is 1. The van der Waals surface area contributed by atoms with E-state index in [9.17, 15) is 23.1 Å². The summed E-state index contributed by atoms with van der Waals surface area (Å²) < 4.78 is 37.5. The number of alkyl halides is 3. The van der Waals surface area contributed by atoms with Crippen LogP contribution in [-0.4, -0.2) is 30.6 Å². The van der Waals surface area contributed by atoms with Crippen LogP contribution in [0.25, 0.3) is 0 Å². The Labute approximate surface area is 126 Å². The predicted molar refractivity (Wildman–Crippen MR) is 75.4 cm³/mol. The molecule has 1 aromatic rings. The number of hydrogen-bond donors (Lipinski definition) is 3. The van der Waals surface area contributed by atoms with Crippen LogP contribution in [0.3, 0.4) is 0 Å². The number of carbonyl (C=O) groups is 1. The van der Waals surface area contributed by atoms with Gasteiger partial charge in [-0.25, -0.2) is 0 Å². The second-order valence-electron chi connectivity index (χ2n) is 5.43. The third-order valence-electron chi connectivity index (χ3n) is 3.77. The molecule has 1 heterocycles. The van der Waals surface area contributed by atoms with Crippen LogP contribution in [0.5, 0.6) is 5.75 Å². The van der Waals surface area contributed by atoms with E-state index in [0.29, 0.717) is 18.2 Å². The van der Waals surface area contributed by atoms with Gasteiger partial charge in [0.2, 0.25) is 5.91 Å². The number of aromatic hydroxyl groups is 1. The van der Waals surface area contributed by atoms with Crippen LogP contribution in [-0.2, 0) is 17.4 Å². The van der Waals surface area contributed by atoms with Gasteiger partial charge in [0.15, 0.2) is 0 Å². The lowest BCUT2D eigenvalue weighted by molar-refractivity contribution is -0.137. The summed E-state index contributed by atoms with van der Waals surface area (Å²) in [5, 5.41) is 15.6. The number of phenolic OH excluding ortho intramolecular Hbond substituents is 1. The monoisotopic (exact) mass is 316 g/mol. The quantitative estimate of drug-likeness (QED) is 0.797. The lowest BCUT2D eigenvalue weighted by Gasteiger charge is -2.21. The molecule has 1 saturated heterocycles. The van der Waals surface area contributed by atoms with E-state index in [1.807, 2.05) is 0 Å². The van der Waals surface area contributed by atoms with Gasteiger partial charge in [-0.2, -0.15) is 13.2 Å². The van der Waals surface area contributed by atoms with Crippen molar-refractivity contribution in [3.05, 3.63) is 29.3 Å². The second kappa shape index (κ2) is 7.00. The molecule has 1 fully saturated rings. The molecule has 0 aromatic heterocycles. The molecule has 22 heavy (non-hydrogen) atoms. The van der Waals surface area contributed by atoms with E-state index >= 15 is 0 Å². The number of rotatable bonds is 4. The molecule has 2 rings (SSSR count). The van der Waals surface area contributed by atoms with Crippen molar-refractivity contribution in [2.24, 2.45) is 5.92 Å². The fourth-order valence-corrected chi connectivity index (χ4v) is 2.49. The van der Waals surface area contributed by atoms with E-state index in [2.05, 4.69) is 10.6 Å². The molecule has 0 aliphatic carbocycles. The van der Waals surface area contributed by atoms with Crippen LogP contribution in [0.15, 0.2) is 18.2 Å². The van der Waals surface area contributed by atoms with E-state index in [1.165, 1.54) is 6.07 Å². The highest BCUT2D eigenvalue weighted by molar-refractivity contribution is 5.78. The Kier molecular flexibility index (Phi) is 5.28. The second-order valence-corrected chi connectivity index (χ2v) is 5.43. The van der Waals surface area contributed by atoms with Crippen molar-refractivity contribution in [3.63, 3.8) is 0 Å². The molecule has 0 bridgehead atoms. The highest BCUT2D eigenvalue weighted by atomic mass is 19.4. The van der Waals surface area contributed by atoms with Gasteiger partial charge < -0.3 is 15.7 Å². The first-order chi connectivity index (χ1) is 10.4. The summed E-state index contributed by atoms with van der Waals surface area (Å²) in [5.74, 6) is -0.517. The minimum Gasteiger partial charge on any atom is -0.508 e. The molecule has 1 aromatic carbocycles. The maximum Gasteiger partial charge on any atom is 0.416 e. The highest BCUT2D eigenvalue weighted by Gasteiger charge is 2.31. The third kappa shape index (κ3) is 4.37. The number of halogens is 3. The largest absolute Gasteiger partial charge is 0.508 e. The maximum absolute atomic E-state index is 12.5.